The van der Waals surface area contributed by atoms with Crippen molar-refractivity contribution < 1.29 is 0 Å². The van der Waals surface area contributed by atoms with Crippen LogP contribution in [0.4, 0.5) is 0 Å². The highest BCUT2D eigenvalue weighted by atomic mass is 32.1. The number of rotatable bonds is 9. The maximum atomic E-state index is 4.69. The lowest BCUT2D eigenvalue weighted by molar-refractivity contribution is 0.455. The van der Waals surface area contributed by atoms with Gasteiger partial charge in [-0.2, -0.15) is 0 Å². The monoisotopic (exact) mass is 300 g/mol. The van der Waals surface area contributed by atoms with Crippen LogP contribution in [-0.2, 0) is 6.54 Å². The molecule has 1 aromatic carbocycles. The summed E-state index contributed by atoms with van der Waals surface area (Å²) < 4.78 is 0. The molecule has 21 heavy (non-hydrogen) atoms. The van der Waals surface area contributed by atoms with E-state index in [9.17, 15) is 0 Å². The summed E-state index contributed by atoms with van der Waals surface area (Å²) >= 11 is 1.72. The fourth-order valence-electron chi connectivity index (χ4n) is 2.35. The normalized spacial score (nSPS) is 12.2. The fraction of sp³-hybridized carbons (Fsp3) is 0.389. The molecule has 0 saturated heterocycles. The molecule has 112 valence electrons. The van der Waals surface area contributed by atoms with Crippen molar-refractivity contribution in [3.8, 4) is 10.6 Å². The van der Waals surface area contributed by atoms with Crippen LogP contribution in [-0.4, -0.2) is 11.5 Å². The van der Waals surface area contributed by atoms with Crippen LogP contribution in [0.2, 0.25) is 0 Å². The predicted octanol–water partition coefficient (Wildman–Crippen LogP) is 4.89. The van der Waals surface area contributed by atoms with Gasteiger partial charge in [0.1, 0.15) is 5.01 Å². The first kappa shape index (κ1) is 15.9. The first-order chi connectivity index (χ1) is 10.3. The molecular weight excluding hydrogens is 276 g/mol. The van der Waals surface area contributed by atoms with Crippen LogP contribution in [0.1, 0.15) is 31.9 Å². The second kappa shape index (κ2) is 8.75. The third kappa shape index (κ3) is 5.10. The molecule has 3 heteroatoms. The third-order valence-corrected chi connectivity index (χ3v) is 4.63. The highest BCUT2D eigenvalue weighted by Crippen LogP contribution is 2.23. The van der Waals surface area contributed by atoms with Gasteiger partial charge in [0.15, 0.2) is 0 Å². The van der Waals surface area contributed by atoms with Crippen molar-refractivity contribution in [1.82, 2.24) is 10.3 Å². The summed E-state index contributed by atoms with van der Waals surface area (Å²) in [5, 5.41) is 6.75. The van der Waals surface area contributed by atoms with E-state index in [2.05, 4.69) is 48.5 Å². The van der Waals surface area contributed by atoms with Crippen LogP contribution in [0.3, 0.4) is 0 Å². The Bertz CT molecular complexity index is 533. The summed E-state index contributed by atoms with van der Waals surface area (Å²) in [5.41, 5.74) is 2.33. The standard InChI is InChI=1S/C18H24N2S/c1-3-8-15(4-2)11-12-19-13-17-14-21-18(20-17)16-9-6-5-7-10-16/h3,5-7,9-10,14-15,19H,1,4,8,11-13H2,2H3. The maximum Gasteiger partial charge on any atom is 0.123 e. The molecule has 2 nitrogen and oxygen atoms in total. The molecule has 0 spiro atoms. The molecule has 0 aliphatic carbocycles. The van der Waals surface area contributed by atoms with E-state index in [1.54, 1.807) is 11.3 Å². The van der Waals surface area contributed by atoms with Gasteiger partial charge in [-0.25, -0.2) is 4.98 Å². The lowest BCUT2D eigenvalue weighted by atomic mass is 9.99. The average molecular weight is 300 g/mol. The van der Waals surface area contributed by atoms with Crippen LogP contribution in [0, 0.1) is 5.92 Å². The average Bonchev–Trinajstić information content (AvgIpc) is 3.00. The minimum absolute atomic E-state index is 0.755. The number of nitrogens with one attached hydrogen (secondary N) is 1. The Morgan fingerprint density at radius 1 is 1.33 bits per heavy atom. The second-order valence-electron chi connectivity index (χ2n) is 5.27. The smallest absolute Gasteiger partial charge is 0.123 e. The number of hydrogen-bond donors (Lipinski definition) is 1. The topological polar surface area (TPSA) is 24.9 Å². The Balaban J connectivity index is 1.77. The van der Waals surface area contributed by atoms with E-state index >= 15 is 0 Å². The zero-order chi connectivity index (χ0) is 14.9. The number of thiazole rings is 1. The minimum atomic E-state index is 0.755. The Hall–Kier alpha value is -1.45. The molecule has 1 heterocycles. The predicted molar refractivity (Wildman–Crippen MR) is 92.5 cm³/mol. The zero-order valence-electron chi connectivity index (χ0n) is 12.7. The molecule has 0 saturated carbocycles. The summed E-state index contributed by atoms with van der Waals surface area (Å²) in [4.78, 5) is 4.69. The molecule has 0 fully saturated rings. The van der Waals surface area contributed by atoms with Gasteiger partial charge in [0.25, 0.3) is 0 Å². The summed E-state index contributed by atoms with van der Waals surface area (Å²) in [6, 6.07) is 10.4. The molecule has 1 unspecified atom stereocenters. The second-order valence-corrected chi connectivity index (χ2v) is 6.13. The van der Waals surface area contributed by atoms with Crippen LogP contribution in [0.25, 0.3) is 10.6 Å². The highest BCUT2D eigenvalue weighted by molar-refractivity contribution is 7.13. The van der Waals surface area contributed by atoms with Crippen LogP contribution < -0.4 is 5.32 Å². The van der Waals surface area contributed by atoms with Gasteiger partial charge < -0.3 is 5.32 Å². The van der Waals surface area contributed by atoms with E-state index in [-0.39, 0.29) is 0 Å². The van der Waals surface area contributed by atoms with Crippen molar-refractivity contribution >= 4 is 11.3 Å². The van der Waals surface area contributed by atoms with Crippen molar-refractivity contribution in [2.45, 2.75) is 32.7 Å². The molecule has 2 rings (SSSR count). The number of hydrogen-bond acceptors (Lipinski definition) is 3. The van der Waals surface area contributed by atoms with E-state index in [0.29, 0.717) is 0 Å². The molecule has 1 atom stereocenters. The van der Waals surface area contributed by atoms with Gasteiger partial charge in [0, 0.05) is 17.5 Å². The fourth-order valence-corrected chi connectivity index (χ4v) is 3.17. The largest absolute Gasteiger partial charge is 0.311 e. The molecule has 0 bridgehead atoms. The van der Waals surface area contributed by atoms with Gasteiger partial charge in [0.2, 0.25) is 0 Å². The Morgan fingerprint density at radius 2 is 2.14 bits per heavy atom. The van der Waals surface area contributed by atoms with E-state index in [4.69, 9.17) is 4.98 Å². The van der Waals surface area contributed by atoms with Gasteiger partial charge >= 0.3 is 0 Å². The Morgan fingerprint density at radius 3 is 2.86 bits per heavy atom. The van der Waals surface area contributed by atoms with Crippen LogP contribution in [0.15, 0.2) is 48.4 Å². The quantitative estimate of drug-likeness (QED) is 0.526. The third-order valence-electron chi connectivity index (χ3n) is 3.69. The minimum Gasteiger partial charge on any atom is -0.311 e. The van der Waals surface area contributed by atoms with Crippen molar-refractivity contribution in [2.24, 2.45) is 5.92 Å². The van der Waals surface area contributed by atoms with Crippen LogP contribution >= 0.6 is 11.3 Å². The first-order valence-electron chi connectivity index (χ1n) is 7.65. The molecule has 0 aliphatic heterocycles. The van der Waals surface area contributed by atoms with E-state index in [1.807, 2.05) is 12.1 Å². The molecule has 1 N–H and O–H groups in total. The van der Waals surface area contributed by atoms with Crippen molar-refractivity contribution in [1.29, 1.82) is 0 Å². The Labute approximate surface area is 131 Å². The van der Waals surface area contributed by atoms with Gasteiger partial charge in [-0.1, -0.05) is 49.8 Å². The van der Waals surface area contributed by atoms with E-state index < -0.39 is 0 Å². The van der Waals surface area contributed by atoms with Gasteiger partial charge in [-0.3, -0.25) is 0 Å². The van der Waals surface area contributed by atoms with Gasteiger partial charge in [-0.05, 0) is 25.3 Å². The number of nitrogens with zero attached hydrogens (tertiary/aromatic N) is 1. The lowest BCUT2D eigenvalue weighted by Gasteiger charge is -2.12. The SMILES string of the molecule is C=CCC(CC)CCNCc1csc(-c2ccccc2)n1. The Kier molecular flexibility index (Phi) is 6.64. The van der Waals surface area contributed by atoms with Crippen molar-refractivity contribution in [3.63, 3.8) is 0 Å². The van der Waals surface area contributed by atoms with Crippen LogP contribution in [0.5, 0.6) is 0 Å². The van der Waals surface area contributed by atoms with E-state index in [1.165, 1.54) is 18.4 Å². The number of aromatic nitrogens is 1. The van der Waals surface area contributed by atoms with Gasteiger partial charge in [-0.15, -0.1) is 17.9 Å². The van der Waals surface area contributed by atoms with Crippen molar-refractivity contribution in [3.05, 3.63) is 54.1 Å². The first-order valence-corrected chi connectivity index (χ1v) is 8.53. The summed E-state index contributed by atoms with van der Waals surface area (Å²) in [7, 11) is 0. The summed E-state index contributed by atoms with van der Waals surface area (Å²) in [6.45, 7) is 7.98. The van der Waals surface area contributed by atoms with E-state index in [0.717, 1.165) is 36.1 Å². The summed E-state index contributed by atoms with van der Waals surface area (Å²) in [6.07, 6.45) is 5.58. The zero-order valence-corrected chi connectivity index (χ0v) is 13.5. The lowest BCUT2D eigenvalue weighted by Crippen LogP contribution is -2.17. The molecule has 2 aromatic rings. The van der Waals surface area contributed by atoms with Gasteiger partial charge in [0.05, 0.1) is 5.69 Å². The molecule has 0 aliphatic rings. The number of allylic oxidation sites excluding steroid dienone is 1. The summed E-state index contributed by atoms with van der Waals surface area (Å²) in [5.74, 6) is 0.755. The molecular formula is C18H24N2S. The number of benzene rings is 1. The molecule has 0 radical (unpaired) electrons. The molecule has 1 aromatic heterocycles. The maximum absolute atomic E-state index is 4.69. The van der Waals surface area contributed by atoms with Crippen molar-refractivity contribution in [2.75, 3.05) is 6.54 Å². The molecule has 0 amide bonds. The highest BCUT2D eigenvalue weighted by Gasteiger charge is 2.05.